The van der Waals surface area contributed by atoms with Crippen LogP contribution in [0.25, 0.3) is 0 Å². The maximum atomic E-state index is 3.51. The van der Waals surface area contributed by atoms with Gasteiger partial charge in [0, 0.05) is 12.1 Å². The molecular formula is C7H13N. The van der Waals surface area contributed by atoms with Crippen molar-refractivity contribution in [2.45, 2.75) is 38.3 Å². The lowest BCUT2D eigenvalue weighted by Gasteiger charge is -2.45. The van der Waals surface area contributed by atoms with Crippen LogP contribution in [-0.2, 0) is 0 Å². The van der Waals surface area contributed by atoms with Crippen molar-refractivity contribution in [2.75, 3.05) is 0 Å². The molecule has 0 spiro atoms. The summed E-state index contributed by atoms with van der Waals surface area (Å²) in [5.74, 6) is 1.000. The maximum Gasteiger partial charge on any atom is 0.00870 e. The van der Waals surface area contributed by atoms with Crippen molar-refractivity contribution in [1.82, 2.24) is 5.32 Å². The highest BCUT2D eigenvalue weighted by Gasteiger charge is 2.35. The highest BCUT2D eigenvalue weighted by Crippen LogP contribution is 2.31. The molecule has 1 heteroatoms. The van der Waals surface area contributed by atoms with Gasteiger partial charge in [-0.25, -0.2) is 0 Å². The molecule has 2 heterocycles. The van der Waals surface area contributed by atoms with Gasteiger partial charge < -0.3 is 5.32 Å². The Morgan fingerprint density at radius 1 is 1.12 bits per heavy atom. The zero-order valence-corrected chi connectivity index (χ0v) is 5.35. The predicted octanol–water partition coefficient (Wildman–Crippen LogP) is 1.15. The third-order valence-corrected chi connectivity index (χ3v) is 2.41. The van der Waals surface area contributed by atoms with E-state index in [0.717, 1.165) is 18.0 Å². The van der Waals surface area contributed by atoms with Gasteiger partial charge in [0.05, 0.1) is 0 Å². The average Bonchev–Trinajstić information content (AvgIpc) is 1.62. The number of nitrogens with one attached hydrogen (secondary N) is 1. The van der Waals surface area contributed by atoms with Gasteiger partial charge in [-0.1, -0.05) is 6.92 Å². The molecular weight excluding hydrogens is 98.1 g/mol. The SMILES string of the molecule is CC1CC2CC(C1)N2. The Bertz CT molecular complexity index is 84.6. The van der Waals surface area contributed by atoms with Crippen molar-refractivity contribution in [2.24, 2.45) is 5.92 Å². The van der Waals surface area contributed by atoms with Gasteiger partial charge in [0.2, 0.25) is 0 Å². The smallest absolute Gasteiger partial charge is 0.00870 e. The number of piperidine rings is 1. The van der Waals surface area contributed by atoms with Gasteiger partial charge in [0.1, 0.15) is 0 Å². The van der Waals surface area contributed by atoms with E-state index in [9.17, 15) is 0 Å². The van der Waals surface area contributed by atoms with Crippen LogP contribution >= 0.6 is 0 Å². The molecule has 3 rings (SSSR count). The quantitative estimate of drug-likeness (QED) is 0.494. The molecule has 0 aromatic carbocycles. The zero-order chi connectivity index (χ0) is 5.56. The number of fused-ring (bicyclic) bond motifs is 2. The summed E-state index contributed by atoms with van der Waals surface area (Å²) < 4.78 is 0. The Labute approximate surface area is 50.5 Å². The van der Waals surface area contributed by atoms with Gasteiger partial charge in [-0.3, -0.25) is 0 Å². The van der Waals surface area contributed by atoms with Crippen molar-refractivity contribution in [1.29, 1.82) is 0 Å². The Hall–Kier alpha value is -0.0400. The van der Waals surface area contributed by atoms with Crippen LogP contribution in [0.3, 0.4) is 0 Å². The monoisotopic (exact) mass is 111 g/mol. The van der Waals surface area contributed by atoms with E-state index in [4.69, 9.17) is 0 Å². The van der Waals surface area contributed by atoms with Crippen molar-refractivity contribution in [3.05, 3.63) is 0 Å². The fourth-order valence-corrected chi connectivity index (χ4v) is 2.05. The van der Waals surface area contributed by atoms with Crippen molar-refractivity contribution in [3.8, 4) is 0 Å². The molecule has 3 fully saturated rings. The van der Waals surface area contributed by atoms with Gasteiger partial charge >= 0.3 is 0 Å². The molecule has 2 saturated heterocycles. The van der Waals surface area contributed by atoms with E-state index in [1.165, 1.54) is 19.3 Å². The second kappa shape index (κ2) is 1.47. The Morgan fingerprint density at radius 2 is 1.62 bits per heavy atom. The van der Waals surface area contributed by atoms with Crippen LogP contribution in [0.1, 0.15) is 26.2 Å². The minimum absolute atomic E-state index is 0.906. The lowest BCUT2D eigenvalue weighted by molar-refractivity contribution is 0.137. The van der Waals surface area contributed by atoms with Crippen LogP contribution in [0.5, 0.6) is 0 Å². The highest BCUT2D eigenvalue weighted by molar-refractivity contribution is 4.95. The van der Waals surface area contributed by atoms with Gasteiger partial charge in [-0.2, -0.15) is 0 Å². The van der Waals surface area contributed by atoms with Crippen LogP contribution in [0.4, 0.5) is 0 Å². The van der Waals surface area contributed by atoms with E-state index in [1.807, 2.05) is 0 Å². The molecule has 2 aliphatic heterocycles. The molecule has 2 atom stereocenters. The molecule has 1 aliphatic carbocycles. The summed E-state index contributed by atoms with van der Waals surface area (Å²) in [6.45, 7) is 2.36. The van der Waals surface area contributed by atoms with Crippen LogP contribution < -0.4 is 5.32 Å². The summed E-state index contributed by atoms with van der Waals surface area (Å²) in [5, 5.41) is 3.51. The standard InChI is InChI=1S/C7H13N/c1-5-2-6-4-7(3-5)8-6/h5-8H,2-4H2,1H3. The Balaban J connectivity index is 1.97. The second-order valence-corrected chi connectivity index (χ2v) is 3.37. The first-order chi connectivity index (χ1) is 3.84. The molecule has 1 saturated carbocycles. The van der Waals surface area contributed by atoms with E-state index in [0.29, 0.717) is 0 Å². The molecule has 0 aromatic heterocycles. The summed E-state index contributed by atoms with van der Waals surface area (Å²) >= 11 is 0. The molecule has 2 bridgehead atoms. The average molecular weight is 111 g/mol. The topological polar surface area (TPSA) is 12.0 Å². The molecule has 0 amide bonds. The van der Waals surface area contributed by atoms with Crippen LogP contribution in [0, 0.1) is 5.92 Å². The molecule has 1 N–H and O–H groups in total. The normalized spacial score (nSPS) is 52.9. The minimum Gasteiger partial charge on any atom is -0.311 e. The van der Waals surface area contributed by atoms with Gasteiger partial charge in [0.15, 0.2) is 0 Å². The van der Waals surface area contributed by atoms with E-state index in [2.05, 4.69) is 12.2 Å². The number of rotatable bonds is 0. The first-order valence-corrected chi connectivity index (χ1v) is 3.60. The highest BCUT2D eigenvalue weighted by atomic mass is 15.0. The van der Waals surface area contributed by atoms with Crippen LogP contribution in [-0.4, -0.2) is 12.1 Å². The summed E-state index contributed by atoms with van der Waals surface area (Å²) in [4.78, 5) is 0. The van der Waals surface area contributed by atoms with Crippen molar-refractivity contribution >= 4 is 0 Å². The third kappa shape index (κ3) is 0.576. The first kappa shape index (κ1) is 4.80. The van der Waals surface area contributed by atoms with Crippen LogP contribution in [0.15, 0.2) is 0 Å². The van der Waals surface area contributed by atoms with Gasteiger partial charge in [0.25, 0.3) is 0 Å². The second-order valence-electron chi connectivity index (χ2n) is 3.37. The summed E-state index contributed by atoms with van der Waals surface area (Å²) in [5.41, 5.74) is 0. The molecule has 3 aliphatic rings. The molecule has 0 radical (unpaired) electrons. The molecule has 1 nitrogen and oxygen atoms in total. The minimum atomic E-state index is 0.906. The largest absolute Gasteiger partial charge is 0.311 e. The maximum absolute atomic E-state index is 3.51. The van der Waals surface area contributed by atoms with Crippen molar-refractivity contribution < 1.29 is 0 Å². The van der Waals surface area contributed by atoms with E-state index in [-0.39, 0.29) is 0 Å². The molecule has 2 unspecified atom stereocenters. The van der Waals surface area contributed by atoms with E-state index in [1.54, 1.807) is 0 Å². The third-order valence-electron chi connectivity index (χ3n) is 2.41. The lowest BCUT2D eigenvalue weighted by Crippen LogP contribution is -2.57. The summed E-state index contributed by atoms with van der Waals surface area (Å²) in [6, 6.07) is 1.81. The number of hydrogen-bond donors (Lipinski definition) is 1. The molecule has 46 valence electrons. The summed E-state index contributed by atoms with van der Waals surface area (Å²) in [6.07, 6.45) is 4.32. The van der Waals surface area contributed by atoms with Crippen LogP contribution in [0.2, 0.25) is 0 Å². The predicted molar refractivity (Wildman–Crippen MR) is 33.7 cm³/mol. The van der Waals surface area contributed by atoms with Gasteiger partial charge in [-0.15, -0.1) is 0 Å². The fourth-order valence-electron chi connectivity index (χ4n) is 2.05. The van der Waals surface area contributed by atoms with Gasteiger partial charge in [-0.05, 0) is 25.2 Å². The summed E-state index contributed by atoms with van der Waals surface area (Å²) in [7, 11) is 0. The number of hydrogen-bond acceptors (Lipinski definition) is 1. The van der Waals surface area contributed by atoms with E-state index >= 15 is 0 Å². The Kier molecular flexibility index (Phi) is 0.884. The fraction of sp³-hybridized carbons (Fsp3) is 1.00. The zero-order valence-electron chi connectivity index (χ0n) is 5.35. The molecule has 0 aromatic rings. The van der Waals surface area contributed by atoms with E-state index < -0.39 is 0 Å². The van der Waals surface area contributed by atoms with Crippen molar-refractivity contribution in [3.63, 3.8) is 0 Å². The lowest BCUT2D eigenvalue weighted by atomic mass is 9.77. The molecule has 8 heavy (non-hydrogen) atoms. The first-order valence-electron chi connectivity index (χ1n) is 3.60. The Morgan fingerprint density at radius 3 is 1.88 bits per heavy atom.